The van der Waals surface area contributed by atoms with E-state index in [-0.39, 0.29) is 35.2 Å². The maximum atomic E-state index is 12.9. The number of morpholine rings is 1. The zero-order valence-corrected chi connectivity index (χ0v) is 17.3. The number of hydrogen-bond acceptors (Lipinski definition) is 5. The average molecular weight is 424 g/mol. The molecule has 2 aromatic rings. The van der Waals surface area contributed by atoms with Crippen molar-refractivity contribution >= 4 is 27.6 Å². The van der Waals surface area contributed by atoms with E-state index in [0.717, 1.165) is 16.7 Å². The van der Waals surface area contributed by atoms with Crippen molar-refractivity contribution in [1.82, 2.24) is 4.31 Å². The van der Waals surface area contributed by atoms with Crippen LogP contribution in [0.2, 0.25) is 5.02 Å². The van der Waals surface area contributed by atoms with Crippen LogP contribution >= 0.6 is 11.6 Å². The predicted molar refractivity (Wildman–Crippen MR) is 106 cm³/mol. The van der Waals surface area contributed by atoms with E-state index in [1.165, 1.54) is 22.5 Å². The van der Waals surface area contributed by atoms with Crippen LogP contribution in [-0.4, -0.2) is 45.0 Å². The van der Waals surface area contributed by atoms with Gasteiger partial charge in [0.1, 0.15) is 11.5 Å². The minimum absolute atomic E-state index is 0.0670. The molecule has 1 heterocycles. The SMILES string of the molecule is Cc1cc(C)cc(COC(=O)c2ccc(Cl)c(S(=O)(=O)N3CCOCC3)c2)c1. The molecule has 1 aliphatic heterocycles. The van der Waals surface area contributed by atoms with Gasteiger partial charge in [0, 0.05) is 13.1 Å². The maximum absolute atomic E-state index is 12.9. The highest BCUT2D eigenvalue weighted by molar-refractivity contribution is 7.89. The molecular formula is C20H22ClNO5S. The fourth-order valence-corrected chi connectivity index (χ4v) is 5.05. The number of ether oxygens (including phenoxy) is 2. The van der Waals surface area contributed by atoms with E-state index in [9.17, 15) is 13.2 Å². The van der Waals surface area contributed by atoms with Gasteiger partial charge in [-0.25, -0.2) is 13.2 Å². The van der Waals surface area contributed by atoms with Gasteiger partial charge in [0.05, 0.1) is 23.8 Å². The molecule has 0 N–H and O–H groups in total. The molecule has 0 radical (unpaired) electrons. The second-order valence-electron chi connectivity index (χ2n) is 6.73. The van der Waals surface area contributed by atoms with Crippen LogP contribution in [0.25, 0.3) is 0 Å². The molecule has 0 bridgehead atoms. The lowest BCUT2D eigenvalue weighted by Crippen LogP contribution is -2.40. The van der Waals surface area contributed by atoms with E-state index in [0.29, 0.717) is 13.2 Å². The van der Waals surface area contributed by atoms with Gasteiger partial charge in [0.25, 0.3) is 0 Å². The lowest BCUT2D eigenvalue weighted by Gasteiger charge is -2.26. The van der Waals surface area contributed by atoms with Crippen molar-refractivity contribution in [2.45, 2.75) is 25.3 Å². The summed E-state index contributed by atoms with van der Waals surface area (Å²) in [6.07, 6.45) is 0. The summed E-state index contributed by atoms with van der Waals surface area (Å²) in [5.41, 5.74) is 3.18. The molecule has 1 saturated heterocycles. The molecule has 1 aliphatic rings. The summed E-state index contributed by atoms with van der Waals surface area (Å²) < 4.78 is 37.6. The van der Waals surface area contributed by atoms with E-state index in [2.05, 4.69) is 0 Å². The number of benzene rings is 2. The fourth-order valence-electron chi connectivity index (χ4n) is 3.14. The maximum Gasteiger partial charge on any atom is 0.338 e. The number of carbonyl (C=O) groups is 1. The molecule has 0 unspecified atom stereocenters. The number of nitrogens with zero attached hydrogens (tertiary/aromatic N) is 1. The molecule has 0 amide bonds. The van der Waals surface area contributed by atoms with Crippen LogP contribution in [0, 0.1) is 13.8 Å². The van der Waals surface area contributed by atoms with Gasteiger partial charge in [-0.15, -0.1) is 0 Å². The molecule has 0 aromatic heterocycles. The quantitative estimate of drug-likeness (QED) is 0.689. The molecule has 0 saturated carbocycles. The highest BCUT2D eigenvalue weighted by Gasteiger charge is 2.29. The number of rotatable bonds is 5. The van der Waals surface area contributed by atoms with Gasteiger partial charge in [-0.2, -0.15) is 4.31 Å². The topological polar surface area (TPSA) is 72.9 Å². The van der Waals surface area contributed by atoms with Gasteiger partial charge < -0.3 is 9.47 Å². The van der Waals surface area contributed by atoms with E-state index in [1.807, 2.05) is 32.0 Å². The van der Waals surface area contributed by atoms with Gasteiger partial charge in [-0.05, 0) is 37.6 Å². The first kappa shape index (κ1) is 20.8. The minimum atomic E-state index is -3.81. The number of esters is 1. The molecule has 0 spiro atoms. The Hall–Kier alpha value is -1.93. The molecule has 8 heteroatoms. The fraction of sp³-hybridized carbons (Fsp3) is 0.350. The highest BCUT2D eigenvalue weighted by atomic mass is 35.5. The number of aryl methyl sites for hydroxylation is 2. The Bertz CT molecular complexity index is 964. The summed E-state index contributed by atoms with van der Waals surface area (Å²) in [6.45, 7) is 5.21. The zero-order chi connectivity index (χ0) is 20.3. The third-order valence-electron chi connectivity index (χ3n) is 4.41. The minimum Gasteiger partial charge on any atom is -0.457 e. The Balaban J connectivity index is 1.79. The van der Waals surface area contributed by atoms with Gasteiger partial charge in [-0.1, -0.05) is 40.9 Å². The number of halogens is 1. The molecule has 2 aromatic carbocycles. The lowest BCUT2D eigenvalue weighted by atomic mass is 10.1. The molecule has 150 valence electrons. The van der Waals surface area contributed by atoms with Crippen LogP contribution in [0.1, 0.15) is 27.0 Å². The number of hydrogen-bond donors (Lipinski definition) is 0. The van der Waals surface area contributed by atoms with Crippen molar-refractivity contribution in [2.75, 3.05) is 26.3 Å². The van der Waals surface area contributed by atoms with Crippen LogP contribution in [0.4, 0.5) is 0 Å². The Morgan fingerprint density at radius 1 is 1.11 bits per heavy atom. The van der Waals surface area contributed by atoms with Gasteiger partial charge in [-0.3, -0.25) is 0 Å². The Kier molecular flexibility index (Phi) is 6.40. The Morgan fingerprint density at radius 2 is 1.75 bits per heavy atom. The normalized spacial score (nSPS) is 15.4. The van der Waals surface area contributed by atoms with E-state index in [4.69, 9.17) is 21.1 Å². The van der Waals surface area contributed by atoms with Crippen molar-refractivity contribution < 1.29 is 22.7 Å². The van der Waals surface area contributed by atoms with Crippen LogP contribution in [-0.2, 0) is 26.1 Å². The first-order valence-corrected chi connectivity index (χ1v) is 10.7. The monoisotopic (exact) mass is 423 g/mol. The third-order valence-corrected chi connectivity index (χ3v) is 6.79. The van der Waals surface area contributed by atoms with Gasteiger partial charge in [0.2, 0.25) is 10.0 Å². The average Bonchev–Trinajstić information content (AvgIpc) is 2.66. The summed E-state index contributed by atoms with van der Waals surface area (Å²) in [4.78, 5) is 12.4. The molecule has 1 fully saturated rings. The Morgan fingerprint density at radius 3 is 2.39 bits per heavy atom. The molecule has 6 nitrogen and oxygen atoms in total. The van der Waals surface area contributed by atoms with E-state index >= 15 is 0 Å². The van der Waals surface area contributed by atoms with Crippen molar-refractivity contribution in [1.29, 1.82) is 0 Å². The van der Waals surface area contributed by atoms with Gasteiger partial charge in [0.15, 0.2) is 0 Å². The lowest BCUT2D eigenvalue weighted by molar-refractivity contribution is 0.0472. The zero-order valence-electron chi connectivity index (χ0n) is 15.8. The number of carbonyl (C=O) groups excluding carboxylic acids is 1. The van der Waals surface area contributed by atoms with Crippen LogP contribution < -0.4 is 0 Å². The van der Waals surface area contributed by atoms with E-state index < -0.39 is 16.0 Å². The van der Waals surface area contributed by atoms with Crippen LogP contribution in [0.5, 0.6) is 0 Å². The first-order valence-electron chi connectivity index (χ1n) is 8.89. The molecule has 28 heavy (non-hydrogen) atoms. The molecule has 0 atom stereocenters. The Labute approximate surface area is 170 Å². The second-order valence-corrected chi connectivity index (χ2v) is 9.05. The second kappa shape index (κ2) is 8.61. The predicted octanol–water partition coefficient (Wildman–Crippen LogP) is 3.33. The molecule has 0 aliphatic carbocycles. The highest BCUT2D eigenvalue weighted by Crippen LogP contribution is 2.27. The van der Waals surface area contributed by atoms with Crippen molar-refractivity contribution in [2.24, 2.45) is 0 Å². The van der Waals surface area contributed by atoms with Crippen LogP contribution in [0.3, 0.4) is 0 Å². The van der Waals surface area contributed by atoms with Gasteiger partial charge >= 0.3 is 5.97 Å². The van der Waals surface area contributed by atoms with Crippen molar-refractivity contribution in [3.8, 4) is 0 Å². The summed E-state index contributed by atoms with van der Waals surface area (Å²) in [5.74, 6) is -0.603. The van der Waals surface area contributed by atoms with Crippen LogP contribution in [0.15, 0.2) is 41.3 Å². The third kappa shape index (κ3) is 4.72. The molecular weight excluding hydrogens is 402 g/mol. The summed E-state index contributed by atoms with van der Waals surface area (Å²) in [5, 5.41) is 0.0670. The summed E-state index contributed by atoms with van der Waals surface area (Å²) in [7, 11) is -3.81. The summed E-state index contributed by atoms with van der Waals surface area (Å²) in [6, 6.07) is 10.1. The molecule has 3 rings (SSSR count). The summed E-state index contributed by atoms with van der Waals surface area (Å²) >= 11 is 6.12. The largest absolute Gasteiger partial charge is 0.457 e. The van der Waals surface area contributed by atoms with Crippen molar-refractivity contribution in [3.63, 3.8) is 0 Å². The van der Waals surface area contributed by atoms with Crippen molar-refractivity contribution in [3.05, 3.63) is 63.7 Å². The smallest absolute Gasteiger partial charge is 0.338 e. The number of sulfonamides is 1. The van der Waals surface area contributed by atoms with E-state index in [1.54, 1.807) is 0 Å². The standard InChI is InChI=1S/C20H22ClNO5S/c1-14-9-15(2)11-16(10-14)13-27-20(23)17-3-4-18(21)19(12-17)28(24,25)22-5-7-26-8-6-22/h3-4,9-12H,5-8,13H2,1-2H3. The first-order chi connectivity index (χ1) is 13.3.